The van der Waals surface area contributed by atoms with Crippen molar-refractivity contribution in [3.8, 4) is 5.69 Å². The van der Waals surface area contributed by atoms with E-state index in [2.05, 4.69) is 10.3 Å². The number of rotatable bonds is 2. The Labute approximate surface area is 162 Å². The Balaban J connectivity index is 1.43. The van der Waals surface area contributed by atoms with Crippen LogP contribution in [-0.4, -0.2) is 43.5 Å². The highest BCUT2D eigenvalue weighted by Gasteiger charge is 2.37. The minimum absolute atomic E-state index is 0.0497. The van der Waals surface area contributed by atoms with Crippen molar-refractivity contribution in [3.63, 3.8) is 0 Å². The number of carbonyl (C=O) groups excluding carboxylic acids is 1. The number of amides is 1. The molecule has 4 heterocycles. The molecule has 2 aliphatic rings. The van der Waals surface area contributed by atoms with Crippen LogP contribution >= 0.6 is 0 Å². The number of hydrogen-bond donors (Lipinski definition) is 0. The van der Waals surface area contributed by atoms with Gasteiger partial charge < -0.3 is 9.47 Å². The molecule has 0 unspecified atom stereocenters. The van der Waals surface area contributed by atoms with Gasteiger partial charge in [0, 0.05) is 37.3 Å². The highest BCUT2D eigenvalue weighted by Crippen LogP contribution is 2.35. The fraction of sp³-hybridized carbons (Fsp3) is 0.333. The van der Waals surface area contributed by atoms with Gasteiger partial charge in [-0.05, 0) is 37.5 Å². The third kappa shape index (κ3) is 2.66. The van der Waals surface area contributed by atoms with Crippen molar-refractivity contribution < 1.29 is 4.79 Å². The van der Waals surface area contributed by atoms with Gasteiger partial charge in [-0.1, -0.05) is 29.5 Å². The molecule has 1 amide bonds. The number of pyridine rings is 1. The molecule has 0 radical (unpaired) electrons. The minimum atomic E-state index is -0.0823. The van der Waals surface area contributed by atoms with Crippen LogP contribution in [0.5, 0.6) is 0 Å². The lowest BCUT2D eigenvalue weighted by Gasteiger charge is -2.42. The van der Waals surface area contributed by atoms with E-state index < -0.39 is 0 Å². The van der Waals surface area contributed by atoms with Gasteiger partial charge in [0.25, 0.3) is 11.5 Å². The van der Waals surface area contributed by atoms with Gasteiger partial charge in [-0.25, -0.2) is 4.68 Å². The lowest BCUT2D eigenvalue weighted by Crippen LogP contribution is -2.49. The monoisotopic (exact) mass is 375 g/mol. The van der Waals surface area contributed by atoms with Crippen LogP contribution in [0, 0.1) is 12.8 Å². The first-order chi connectivity index (χ1) is 13.6. The molecule has 0 aliphatic carbocycles. The number of para-hydroxylation sites is 1. The van der Waals surface area contributed by atoms with Gasteiger partial charge in [0.05, 0.1) is 11.4 Å². The SMILES string of the molecule is Cc1c(C(=O)N2C[C@@H]3C[C@@H](C2)c2cccc(=O)n2C3)nnn1-c1ccccc1. The third-order valence-electron chi connectivity index (χ3n) is 5.86. The standard InChI is InChI=1S/C21H21N5O2/c1-14-20(22-23-26(14)17-6-3-2-4-7-17)21(28)24-11-15-10-16(13-24)18-8-5-9-19(27)25(18)12-15/h2-9,15-16H,10-13H2,1H3/t15-,16-/m0/s1. The molecular formula is C21H21N5O2. The molecule has 7 heteroatoms. The largest absolute Gasteiger partial charge is 0.336 e. The molecule has 3 aromatic rings. The average Bonchev–Trinajstić information content (AvgIpc) is 3.10. The van der Waals surface area contributed by atoms with Crippen molar-refractivity contribution in [3.05, 3.63) is 76.0 Å². The summed E-state index contributed by atoms with van der Waals surface area (Å²) in [6, 6.07) is 15.1. The van der Waals surface area contributed by atoms with Gasteiger partial charge in [-0.2, -0.15) is 0 Å². The zero-order valence-electron chi connectivity index (χ0n) is 15.7. The Morgan fingerprint density at radius 2 is 1.86 bits per heavy atom. The molecule has 28 heavy (non-hydrogen) atoms. The number of hydrogen-bond acceptors (Lipinski definition) is 4. The Morgan fingerprint density at radius 3 is 2.68 bits per heavy atom. The van der Waals surface area contributed by atoms with Crippen molar-refractivity contribution in [1.82, 2.24) is 24.5 Å². The fourth-order valence-corrected chi connectivity index (χ4v) is 4.55. The first-order valence-electron chi connectivity index (χ1n) is 9.58. The highest BCUT2D eigenvalue weighted by molar-refractivity contribution is 5.93. The molecule has 1 aromatic carbocycles. The van der Waals surface area contributed by atoms with Crippen LogP contribution in [0.4, 0.5) is 0 Å². The predicted molar refractivity (Wildman–Crippen MR) is 104 cm³/mol. The molecule has 0 N–H and O–H groups in total. The van der Waals surface area contributed by atoms with Crippen molar-refractivity contribution >= 4 is 5.91 Å². The molecular weight excluding hydrogens is 354 g/mol. The van der Waals surface area contributed by atoms with Crippen molar-refractivity contribution in [1.29, 1.82) is 0 Å². The first kappa shape index (κ1) is 16.9. The number of aromatic nitrogens is 4. The van der Waals surface area contributed by atoms with Crippen LogP contribution < -0.4 is 5.56 Å². The highest BCUT2D eigenvalue weighted by atomic mass is 16.2. The third-order valence-corrected chi connectivity index (χ3v) is 5.86. The molecule has 0 saturated carbocycles. The zero-order valence-corrected chi connectivity index (χ0v) is 15.7. The van der Waals surface area contributed by atoms with Crippen LogP contribution in [0.2, 0.25) is 0 Å². The second kappa shape index (κ2) is 6.44. The van der Waals surface area contributed by atoms with E-state index >= 15 is 0 Å². The summed E-state index contributed by atoms with van der Waals surface area (Å²) in [7, 11) is 0. The molecule has 2 aromatic heterocycles. The Kier molecular flexibility index (Phi) is 3.89. The lowest BCUT2D eigenvalue weighted by atomic mass is 9.83. The summed E-state index contributed by atoms with van der Waals surface area (Å²) in [4.78, 5) is 27.3. The number of carbonyl (C=O) groups is 1. The summed E-state index contributed by atoms with van der Waals surface area (Å²) in [6.45, 7) is 3.80. The molecule has 2 atom stereocenters. The van der Waals surface area contributed by atoms with E-state index in [9.17, 15) is 9.59 Å². The van der Waals surface area contributed by atoms with Gasteiger partial charge in [-0.3, -0.25) is 9.59 Å². The Hall–Kier alpha value is -3.22. The molecule has 1 fully saturated rings. The van der Waals surface area contributed by atoms with Gasteiger partial charge in [0.15, 0.2) is 5.69 Å². The van der Waals surface area contributed by atoms with Gasteiger partial charge in [-0.15, -0.1) is 5.10 Å². The van der Waals surface area contributed by atoms with E-state index in [4.69, 9.17) is 0 Å². The topological polar surface area (TPSA) is 73.0 Å². The van der Waals surface area contributed by atoms with Gasteiger partial charge in [0.2, 0.25) is 0 Å². The summed E-state index contributed by atoms with van der Waals surface area (Å²) in [6.07, 6.45) is 1.02. The molecule has 5 rings (SSSR count). The maximum absolute atomic E-state index is 13.2. The smallest absolute Gasteiger partial charge is 0.276 e. The maximum Gasteiger partial charge on any atom is 0.276 e. The summed E-state index contributed by atoms with van der Waals surface area (Å²) >= 11 is 0. The molecule has 7 nitrogen and oxygen atoms in total. The first-order valence-corrected chi connectivity index (χ1v) is 9.58. The Morgan fingerprint density at radius 1 is 1.04 bits per heavy atom. The van der Waals surface area contributed by atoms with Crippen LogP contribution in [0.1, 0.15) is 34.2 Å². The zero-order chi connectivity index (χ0) is 19.3. The molecule has 2 aliphatic heterocycles. The quantitative estimate of drug-likeness (QED) is 0.687. The van der Waals surface area contributed by atoms with Crippen molar-refractivity contribution in [2.24, 2.45) is 5.92 Å². The number of likely N-dealkylation sites (tertiary alicyclic amines) is 1. The minimum Gasteiger partial charge on any atom is -0.336 e. The van der Waals surface area contributed by atoms with Crippen LogP contribution in [-0.2, 0) is 6.54 Å². The second-order valence-corrected chi connectivity index (χ2v) is 7.68. The van der Waals surface area contributed by atoms with E-state index in [0.29, 0.717) is 31.2 Å². The summed E-state index contributed by atoms with van der Waals surface area (Å²) in [5.74, 6) is 0.399. The molecule has 142 valence electrons. The van der Waals surface area contributed by atoms with Crippen LogP contribution in [0.15, 0.2) is 53.3 Å². The second-order valence-electron chi connectivity index (χ2n) is 7.68. The molecule has 1 saturated heterocycles. The fourth-order valence-electron chi connectivity index (χ4n) is 4.55. The Bertz CT molecular complexity index is 1100. The lowest BCUT2D eigenvalue weighted by molar-refractivity contribution is 0.0588. The number of benzene rings is 1. The maximum atomic E-state index is 13.2. The predicted octanol–water partition coefficient (Wildman–Crippen LogP) is 2.00. The van der Waals surface area contributed by atoms with E-state index in [1.165, 1.54) is 0 Å². The van der Waals surface area contributed by atoms with E-state index in [1.54, 1.807) is 10.7 Å². The van der Waals surface area contributed by atoms with E-state index in [1.807, 2.05) is 58.9 Å². The summed E-state index contributed by atoms with van der Waals surface area (Å²) in [5, 5.41) is 8.38. The van der Waals surface area contributed by atoms with Crippen LogP contribution in [0.3, 0.4) is 0 Å². The molecule has 2 bridgehead atoms. The number of fused-ring (bicyclic) bond motifs is 4. The van der Waals surface area contributed by atoms with Crippen molar-refractivity contribution in [2.45, 2.75) is 25.8 Å². The summed E-state index contributed by atoms with van der Waals surface area (Å²) in [5.41, 5.74) is 3.10. The van der Waals surface area contributed by atoms with Crippen molar-refractivity contribution in [2.75, 3.05) is 13.1 Å². The molecule has 0 spiro atoms. The summed E-state index contributed by atoms with van der Waals surface area (Å²) < 4.78 is 3.57. The normalized spacial score (nSPS) is 20.7. The van der Waals surface area contributed by atoms with E-state index in [-0.39, 0.29) is 17.4 Å². The number of nitrogens with zero attached hydrogens (tertiary/aromatic N) is 5. The van der Waals surface area contributed by atoms with E-state index in [0.717, 1.165) is 23.5 Å². The average molecular weight is 375 g/mol. The van der Waals surface area contributed by atoms with Crippen LogP contribution in [0.25, 0.3) is 5.69 Å². The van der Waals surface area contributed by atoms with Gasteiger partial charge >= 0.3 is 0 Å². The number of piperidine rings is 1. The van der Waals surface area contributed by atoms with Gasteiger partial charge in [0.1, 0.15) is 0 Å².